The Balaban J connectivity index is 1.65. The molecule has 0 spiro atoms. The molecule has 2 heterocycles. The lowest BCUT2D eigenvalue weighted by atomic mass is 10.0. The molecule has 24 heavy (non-hydrogen) atoms. The summed E-state index contributed by atoms with van der Waals surface area (Å²) in [6.45, 7) is 5.25. The highest BCUT2D eigenvalue weighted by Crippen LogP contribution is 2.18. The number of piperidine rings is 1. The van der Waals surface area contributed by atoms with E-state index in [2.05, 4.69) is 10.3 Å². The van der Waals surface area contributed by atoms with Gasteiger partial charge in [-0.3, -0.25) is 14.6 Å². The molecule has 5 heteroatoms. The van der Waals surface area contributed by atoms with Crippen molar-refractivity contribution in [3.05, 3.63) is 42.1 Å². The quantitative estimate of drug-likeness (QED) is 0.943. The zero-order valence-electron chi connectivity index (χ0n) is 14.2. The summed E-state index contributed by atoms with van der Waals surface area (Å²) in [5, 5.41) is 4.06. The van der Waals surface area contributed by atoms with Gasteiger partial charge in [0.05, 0.1) is 11.1 Å². The third-order valence-electron chi connectivity index (χ3n) is 4.51. The molecule has 3 rings (SSSR count). The normalized spacial score (nSPS) is 15.7. The van der Waals surface area contributed by atoms with Crippen molar-refractivity contribution in [2.45, 2.75) is 32.7 Å². The minimum atomic E-state index is -0.0899. The maximum atomic E-state index is 12.6. The van der Waals surface area contributed by atoms with Crippen LogP contribution >= 0.6 is 0 Å². The van der Waals surface area contributed by atoms with Crippen LogP contribution in [-0.4, -0.2) is 40.8 Å². The summed E-state index contributed by atoms with van der Waals surface area (Å²) >= 11 is 0. The zero-order valence-corrected chi connectivity index (χ0v) is 14.2. The van der Waals surface area contributed by atoms with Gasteiger partial charge in [0.2, 0.25) is 5.91 Å². The molecule has 1 aliphatic heterocycles. The number of nitrogens with one attached hydrogen (secondary N) is 1. The highest BCUT2D eigenvalue weighted by Gasteiger charge is 2.25. The molecule has 1 aromatic carbocycles. The first-order valence-electron chi connectivity index (χ1n) is 8.49. The van der Waals surface area contributed by atoms with Crippen molar-refractivity contribution in [1.29, 1.82) is 0 Å². The number of benzene rings is 1. The van der Waals surface area contributed by atoms with E-state index in [9.17, 15) is 9.59 Å². The third kappa shape index (κ3) is 3.40. The number of hydrogen-bond acceptors (Lipinski definition) is 3. The number of carbonyl (C=O) groups is 2. The number of amides is 2. The summed E-state index contributed by atoms with van der Waals surface area (Å²) in [6, 6.07) is 9.56. The molecule has 0 aliphatic carbocycles. The van der Waals surface area contributed by atoms with Gasteiger partial charge in [0.25, 0.3) is 5.91 Å². The number of pyridine rings is 1. The number of fused-ring (bicyclic) bond motifs is 1. The van der Waals surface area contributed by atoms with Gasteiger partial charge in [-0.15, -0.1) is 0 Å². The monoisotopic (exact) mass is 325 g/mol. The van der Waals surface area contributed by atoms with Crippen molar-refractivity contribution in [3.63, 3.8) is 0 Å². The Labute approximate surface area is 142 Å². The van der Waals surface area contributed by atoms with Crippen molar-refractivity contribution < 1.29 is 9.59 Å². The second-order valence-electron chi connectivity index (χ2n) is 6.61. The SMILES string of the molecule is CC(C)C(=O)N1CCC(NC(=O)c2cccc3cccnc23)CC1. The highest BCUT2D eigenvalue weighted by molar-refractivity contribution is 6.05. The van der Waals surface area contributed by atoms with E-state index in [1.54, 1.807) is 6.20 Å². The lowest BCUT2D eigenvalue weighted by molar-refractivity contribution is -0.135. The van der Waals surface area contributed by atoms with Crippen LogP contribution in [0, 0.1) is 5.92 Å². The smallest absolute Gasteiger partial charge is 0.253 e. The first-order chi connectivity index (χ1) is 11.6. The molecule has 0 atom stereocenters. The first-order valence-corrected chi connectivity index (χ1v) is 8.49. The van der Waals surface area contributed by atoms with Crippen molar-refractivity contribution in [2.24, 2.45) is 5.92 Å². The lowest BCUT2D eigenvalue weighted by Gasteiger charge is -2.33. The van der Waals surface area contributed by atoms with Gasteiger partial charge in [-0.25, -0.2) is 0 Å². The molecule has 2 aromatic rings. The molecule has 1 fully saturated rings. The molecule has 0 radical (unpaired) electrons. The molecular formula is C19H23N3O2. The van der Waals surface area contributed by atoms with Crippen LogP contribution in [0.15, 0.2) is 36.5 Å². The average molecular weight is 325 g/mol. The van der Waals surface area contributed by atoms with Crippen LogP contribution in [0.4, 0.5) is 0 Å². The number of carbonyl (C=O) groups excluding carboxylic acids is 2. The molecule has 1 N–H and O–H groups in total. The summed E-state index contributed by atoms with van der Waals surface area (Å²) in [5.74, 6) is 0.129. The Kier molecular flexibility index (Phi) is 4.79. The van der Waals surface area contributed by atoms with E-state index in [-0.39, 0.29) is 23.8 Å². The van der Waals surface area contributed by atoms with Gasteiger partial charge in [-0.05, 0) is 25.0 Å². The second-order valence-corrected chi connectivity index (χ2v) is 6.61. The third-order valence-corrected chi connectivity index (χ3v) is 4.51. The largest absolute Gasteiger partial charge is 0.349 e. The molecule has 5 nitrogen and oxygen atoms in total. The Morgan fingerprint density at radius 3 is 2.58 bits per heavy atom. The van der Waals surface area contributed by atoms with Crippen molar-refractivity contribution in [2.75, 3.05) is 13.1 Å². The van der Waals surface area contributed by atoms with Gasteiger partial charge in [0, 0.05) is 36.6 Å². The van der Waals surface area contributed by atoms with Crippen LogP contribution < -0.4 is 5.32 Å². The van der Waals surface area contributed by atoms with E-state index >= 15 is 0 Å². The Morgan fingerprint density at radius 2 is 1.88 bits per heavy atom. The van der Waals surface area contributed by atoms with E-state index in [4.69, 9.17) is 0 Å². The standard InChI is InChI=1S/C19H23N3O2/c1-13(2)19(24)22-11-8-15(9-12-22)21-18(23)16-7-3-5-14-6-4-10-20-17(14)16/h3-7,10,13,15H,8-9,11-12H2,1-2H3,(H,21,23). The number of hydrogen-bond donors (Lipinski definition) is 1. The van der Waals surface area contributed by atoms with E-state index in [0.29, 0.717) is 18.7 Å². The van der Waals surface area contributed by atoms with Gasteiger partial charge in [-0.2, -0.15) is 0 Å². The molecule has 2 amide bonds. The van der Waals surface area contributed by atoms with Gasteiger partial charge in [0.15, 0.2) is 0 Å². The fraction of sp³-hybridized carbons (Fsp3) is 0.421. The van der Waals surface area contributed by atoms with Gasteiger partial charge < -0.3 is 10.2 Å². The van der Waals surface area contributed by atoms with Crippen LogP contribution in [-0.2, 0) is 4.79 Å². The van der Waals surface area contributed by atoms with Gasteiger partial charge >= 0.3 is 0 Å². The summed E-state index contributed by atoms with van der Waals surface area (Å²) in [5.41, 5.74) is 1.33. The summed E-state index contributed by atoms with van der Waals surface area (Å²) < 4.78 is 0. The van der Waals surface area contributed by atoms with Crippen molar-refractivity contribution in [1.82, 2.24) is 15.2 Å². The van der Waals surface area contributed by atoms with E-state index in [0.717, 1.165) is 23.7 Å². The molecule has 0 bridgehead atoms. The van der Waals surface area contributed by atoms with Crippen molar-refractivity contribution >= 4 is 22.7 Å². The number of nitrogens with zero attached hydrogens (tertiary/aromatic N) is 2. The van der Waals surface area contributed by atoms with Crippen LogP contribution in [0.5, 0.6) is 0 Å². The van der Waals surface area contributed by atoms with E-state index < -0.39 is 0 Å². The maximum Gasteiger partial charge on any atom is 0.253 e. The minimum Gasteiger partial charge on any atom is -0.349 e. The Hall–Kier alpha value is -2.43. The van der Waals surface area contributed by atoms with E-state index in [1.807, 2.05) is 49.1 Å². The number of likely N-dealkylation sites (tertiary alicyclic amines) is 1. The molecule has 126 valence electrons. The van der Waals surface area contributed by atoms with Crippen LogP contribution in [0.25, 0.3) is 10.9 Å². The molecule has 1 aliphatic rings. The predicted octanol–water partition coefficient (Wildman–Crippen LogP) is 2.61. The van der Waals surface area contributed by atoms with Crippen LogP contribution in [0.3, 0.4) is 0 Å². The van der Waals surface area contributed by atoms with Gasteiger partial charge in [-0.1, -0.05) is 32.0 Å². The topological polar surface area (TPSA) is 62.3 Å². The highest BCUT2D eigenvalue weighted by atomic mass is 16.2. The first kappa shape index (κ1) is 16.4. The zero-order chi connectivity index (χ0) is 17.1. The summed E-state index contributed by atoms with van der Waals surface area (Å²) in [7, 11) is 0. The maximum absolute atomic E-state index is 12.6. The Bertz CT molecular complexity index is 744. The molecule has 1 aromatic heterocycles. The van der Waals surface area contributed by atoms with Crippen molar-refractivity contribution in [3.8, 4) is 0 Å². The van der Waals surface area contributed by atoms with Crippen LogP contribution in [0.1, 0.15) is 37.0 Å². The predicted molar refractivity (Wildman–Crippen MR) is 93.6 cm³/mol. The Morgan fingerprint density at radius 1 is 1.17 bits per heavy atom. The molecule has 0 saturated carbocycles. The summed E-state index contributed by atoms with van der Waals surface area (Å²) in [6.07, 6.45) is 3.29. The fourth-order valence-electron chi connectivity index (χ4n) is 3.16. The average Bonchev–Trinajstić information content (AvgIpc) is 2.61. The molecular weight excluding hydrogens is 302 g/mol. The minimum absolute atomic E-state index is 0.0258. The molecule has 1 saturated heterocycles. The second kappa shape index (κ2) is 6.99. The van der Waals surface area contributed by atoms with Gasteiger partial charge in [0.1, 0.15) is 0 Å². The lowest BCUT2D eigenvalue weighted by Crippen LogP contribution is -2.47. The number of aromatic nitrogens is 1. The number of rotatable bonds is 3. The van der Waals surface area contributed by atoms with E-state index in [1.165, 1.54) is 0 Å². The summed E-state index contributed by atoms with van der Waals surface area (Å²) in [4.78, 5) is 30.9. The fourth-order valence-corrected chi connectivity index (χ4v) is 3.16. The van der Waals surface area contributed by atoms with Crippen LogP contribution in [0.2, 0.25) is 0 Å². The molecule has 0 unspecified atom stereocenters. The number of para-hydroxylation sites is 1.